The van der Waals surface area contributed by atoms with Crippen molar-refractivity contribution in [3.8, 4) is 0 Å². The smallest absolute Gasteiger partial charge is 0.251 e. The van der Waals surface area contributed by atoms with Crippen molar-refractivity contribution < 1.29 is 9.59 Å². The number of benzene rings is 1. The SMILES string of the molecule is CC(=O)Nc1cccc(C(=O)NC2CCNCC2)c1. The van der Waals surface area contributed by atoms with Gasteiger partial charge in [0.25, 0.3) is 5.91 Å². The molecule has 0 aliphatic carbocycles. The molecule has 1 fully saturated rings. The van der Waals surface area contributed by atoms with Gasteiger partial charge in [-0.2, -0.15) is 0 Å². The van der Waals surface area contributed by atoms with Gasteiger partial charge in [0.05, 0.1) is 0 Å². The Morgan fingerprint density at radius 3 is 2.68 bits per heavy atom. The van der Waals surface area contributed by atoms with E-state index >= 15 is 0 Å². The number of rotatable bonds is 3. The molecule has 1 aliphatic rings. The van der Waals surface area contributed by atoms with Crippen LogP contribution in [0.4, 0.5) is 5.69 Å². The van der Waals surface area contributed by atoms with Crippen molar-refractivity contribution in [1.82, 2.24) is 10.6 Å². The summed E-state index contributed by atoms with van der Waals surface area (Å²) < 4.78 is 0. The normalized spacial score (nSPS) is 15.8. The van der Waals surface area contributed by atoms with Gasteiger partial charge in [-0.05, 0) is 44.1 Å². The summed E-state index contributed by atoms with van der Waals surface area (Å²) in [7, 11) is 0. The van der Waals surface area contributed by atoms with E-state index in [0.29, 0.717) is 11.3 Å². The van der Waals surface area contributed by atoms with Crippen molar-refractivity contribution in [2.24, 2.45) is 0 Å². The van der Waals surface area contributed by atoms with E-state index in [9.17, 15) is 9.59 Å². The van der Waals surface area contributed by atoms with Crippen LogP contribution >= 0.6 is 0 Å². The maximum Gasteiger partial charge on any atom is 0.251 e. The monoisotopic (exact) mass is 261 g/mol. The Kier molecular flexibility index (Phi) is 4.52. The predicted octanol–water partition coefficient (Wildman–Crippen LogP) is 1.13. The molecule has 5 heteroatoms. The third-order valence-electron chi connectivity index (χ3n) is 3.12. The van der Waals surface area contributed by atoms with Crippen LogP contribution in [-0.4, -0.2) is 30.9 Å². The minimum absolute atomic E-state index is 0.0842. The molecule has 0 spiro atoms. The van der Waals surface area contributed by atoms with Gasteiger partial charge in [-0.1, -0.05) is 6.07 Å². The molecule has 0 radical (unpaired) electrons. The summed E-state index contributed by atoms with van der Waals surface area (Å²) in [6.45, 7) is 3.33. The first-order valence-electron chi connectivity index (χ1n) is 6.54. The number of carbonyl (C=O) groups is 2. The van der Waals surface area contributed by atoms with Crippen LogP contribution in [0.5, 0.6) is 0 Å². The summed E-state index contributed by atoms with van der Waals surface area (Å²) in [5.41, 5.74) is 1.22. The molecule has 1 saturated heterocycles. The third kappa shape index (κ3) is 4.06. The molecule has 1 aliphatic heterocycles. The number of hydrogen-bond acceptors (Lipinski definition) is 3. The van der Waals surface area contributed by atoms with Gasteiger partial charge in [0.1, 0.15) is 0 Å². The van der Waals surface area contributed by atoms with Gasteiger partial charge in [0.2, 0.25) is 5.91 Å². The van der Waals surface area contributed by atoms with E-state index in [1.54, 1.807) is 24.3 Å². The summed E-state index contributed by atoms with van der Waals surface area (Å²) in [6.07, 6.45) is 1.91. The summed E-state index contributed by atoms with van der Waals surface area (Å²) in [6, 6.07) is 7.21. The summed E-state index contributed by atoms with van der Waals surface area (Å²) in [5, 5.41) is 8.96. The van der Waals surface area contributed by atoms with Crippen LogP contribution in [0.2, 0.25) is 0 Å². The molecule has 1 heterocycles. The van der Waals surface area contributed by atoms with Crippen molar-refractivity contribution in [3.05, 3.63) is 29.8 Å². The maximum atomic E-state index is 12.1. The summed E-state index contributed by atoms with van der Waals surface area (Å²) in [4.78, 5) is 23.1. The molecule has 19 heavy (non-hydrogen) atoms. The highest BCUT2D eigenvalue weighted by Crippen LogP contribution is 2.11. The van der Waals surface area contributed by atoms with Crippen LogP contribution in [0.1, 0.15) is 30.1 Å². The van der Waals surface area contributed by atoms with Crippen LogP contribution in [0.25, 0.3) is 0 Å². The highest BCUT2D eigenvalue weighted by Gasteiger charge is 2.16. The zero-order chi connectivity index (χ0) is 13.7. The van der Waals surface area contributed by atoms with Gasteiger partial charge >= 0.3 is 0 Å². The Bertz CT molecular complexity index is 468. The molecule has 0 unspecified atom stereocenters. The minimum Gasteiger partial charge on any atom is -0.349 e. The molecular formula is C14H19N3O2. The Hall–Kier alpha value is -1.88. The van der Waals surface area contributed by atoms with Gasteiger partial charge in [0, 0.05) is 24.2 Å². The van der Waals surface area contributed by atoms with Crippen LogP contribution in [0.15, 0.2) is 24.3 Å². The Labute approximate surface area is 112 Å². The molecule has 3 N–H and O–H groups in total. The second-order valence-corrected chi connectivity index (χ2v) is 4.76. The third-order valence-corrected chi connectivity index (χ3v) is 3.12. The molecule has 1 aromatic carbocycles. The van der Waals surface area contributed by atoms with Gasteiger partial charge in [-0.25, -0.2) is 0 Å². The Balaban J connectivity index is 1.99. The van der Waals surface area contributed by atoms with Crippen molar-refractivity contribution in [2.45, 2.75) is 25.8 Å². The number of carbonyl (C=O) groups excluding carboxylic acids is 2. The van der Waals surface area contributed by atoms with Gasteiger partial charge in [0.15, 0.2) is 0 Å². The maximum absolute atomic E-state index is 12.1. The lowest BCUT2D eigenvalue weighted by atomic mass is 10.1. The highest BCUT2D eigenvalue weighted by molar-refractivity contribution is 5.96. The molecule has 2 rings (SSSR count). The van der Waals surface area contributed by atoms with E-state index < -0.39 is 0 Å². The molecule has 0 saturated carbocycles. The average Bonchev–Trinajstić information content (AvgIpc) is 2.39. The van der Waals surface area contributed by atoms with Gasteiger partial charge < -0.3 is 16.0 Å². The molecule has 0 bridgehead atoms. The summed E-state index contributed by atoms with van der Waals surface area (Å²) >= 11 is 0. The fourth-order valence-corrected chi connectivity index (χ4v) is 2.18. The zero-order valence-corrected chi connectivity index (χ0v) is 11.0. The molecular weight excluding hydrogens is 242 g/mol. The number of amides is 2. The highest BCUT2D eigenvalue weighted by atomic mass is 16.2. The van der Waals surface area contributed by atoms with E-state index in [4.69, 9.17) is 0 Å². The molecule has 5 nitrogen and oxygen atoms in total. The zero-order valence-electron chi connectivity index (χ0n) is 11.0. The van der Waals surface area contributed by atoms with E-state index in [0.717, 1.165) is 25.9 Å². The second-order valence-electron chi connectivity index (χ2n) is 4.76. The van der Waals surface area contributed by atoms with Crippen molar-refractivity contribution in [1.29, 1.82) is 0 Å². The Morgan fingerprint density at radius 2 is 2.00 bits per heavy atom. The number of anilines is 1. The summed E-state index contributed by atoms with van der Waals surface area (Å²) in [5.74, 6) is -0.227. The molecule has 0 aromatic heterocycles. The minimum atomic E-state index is -0.143. The van der Waals surface area contributed by atoms with Gasteiger partial charge in [-0.15, -0.1) is 0 Å². The second kappa shape index (κ2) is 6.33. The first-order chi connectivity index (χ1) is 9.15. The first kappa shape index (κ1) is 13.5. The number of nitrogens with one attached hydrogen (secondary N) is 3. The molecule has 0 atom stereocenters. The van der Waals surface area contributed by atoms with E-state index in [1.807, 2.05) is 0 Å². The van der Waals surface area contributed by atoms with E-state index in [1.165, 1.54) is 6.92 Å². The van der Waals surface area contributed by atoms with Crippen LogP contribution in [0.3, 0.4) is 0 Å². The molecule has 102 valence electrons. The van der Waals surface area contributed by atoms with Crippen LogP contribution in [-0.2, 0) is 4.79 Å². The largest absolute Gasteiger partial charge is 0.349 e. The quantitative estimate of drug-likeness (QED) is 0.764. The fraction of sp³-hybridized carbons (Fsp3) is 0.429. The van der Waals surface area contributed by atoms with Crippen molar-refractivity contribution in [2.75, 3.05) is 18.4 Å². The molecule has 1 aromatic rings. The fourth-order valence-electron chi connectivity index (χ4n) is 2.18. The number of piperidine rings is 1. The predicted molar refractivity (Wildman–Crippen MR) is 74.1 cm³/mol. The van der Waals surface area contributed by atoms with Crippen LogP contribution in [0, 0.1) is 0 Å². The van der Waals surface area contributed by atoms with Gasteiger partial charge in [-0.3, -0.25) is 9.59 Å². The van der Waals surface area contributed by atoms with Crippen molar-refractivity contribution in [3.63, 3.8) is 0 Å². The van der Waals surface area contributed by atoms with E-state index in [2.05, 4.69) is 16.0 Å². The standard InChI is InChI=1S/C14H19N3O2/c1-10(18)16-13-4-2-3-11(9-13)14(19)17-12-5-7-15-8-6-12/h2-4,9,12,15H,5-8H2,1H3,(H,16,18)(H,17,19). The lowest BCUT2D eigenvalue weighted by molar-refractivity contribution is -0.114. The first-order valence-corrected chi connectivity index (χ1v) is 6.54. The van der Waals surface area contributed by atoms with Crippen LogP contribution < -0.4 is 16.0 Å². The Morgan fingerprint density at radius 1 is 1.26 bits per heavy atom. The lowest BCUT2D eigenvalue weighted by Gasteiger charge is -2.23. The lowest BCUT2D eigenvalue weighted by Crippen LogP contribution is -2.42. The van der Waals surface area contributed by atoms with E-state index in [-0.39, 0.29) is 17.9 Å². The number of hydrogen-bond donors (Lipinski definition) is 3. The topological polar surface area (TPSA) is 70.2 Å². The molecule has 2 amide bonds. The average molecular weight is 261 g/mol. The van der Waals surface area contributed by atoms with Crippen molar-refractivity contribution >= 4 is 17.5 Å².